The molecule has 0 saturated heterocycles. The van der Waals surface area contributed by atoms with Crippen LogP contribution in [0.2, 0.25) is 0 Å². The molecule has 0 spiro atoms. The van der Waals surface area contributed by atoms with Crippen LogP contribution in [-0.4, -0.2) is 12.3 Å². The molecule has 92 valence electrons. The van der Waals surface area contributed by atoms with Gasteiger partial charge in [-0.25, -0.2) is 0 Å². The maximum Gasteiger partial charge on any atom is 0.00163 e. The number of hydrogen-bond donors (Lipinski definition) is 0. The fourth-order valence-electron chi connectivity index (χ4n) is 1.69. The molecule has 0 aromatic carbocycles. The lowest BCUT2D eigenvalue weighted by atomic mass is 9.88. The molecule has 0 fully saturated rings. The van der Waals surface area contributed by atoms with Crippen LogP contribution in [0, 0.1) is 5.41 Å². The van der Waals surface area contributed by atoms with Crippen molar-refractivity contribution in [3.8, 4) is 0 Å². The third kappa shape index (κ3) is 7.01. The van der Waals surface area contributed by atoms with Crippen molar-refractivity contribution in [3.05, 3.63) is 36.0 Å². The molecule has 0 aromatic heterocycles. The van der Waals surface area contributed by atoms with E-state index in [9.17, 15) is 0 Å². The molecule has 0 saturated carbocycles. The Kier molecular flexibility index (Phi) is 7.68. The van der Waals surface area contributed by atoms with E-state index in [1.165, 1.54) is 12.0 Å². The van der Waals surface area contributed by atoms with Crippen LogP contribution in [0.4, 0.5) is 0 Å². The van der Waals surface area contributed by atoms with Gasteiger partial charge in [-0.2, -0.15) is 0 Å². The Labute approximate surface area is 104 Å². The summed E-state index contributed by atoms with van der Waals surface area (Å²) in [7, 11) is 0.970. The second-order valence-corrected chi connectivity index (χ2v) is 6.57. The zero-order valence-corrected chi connectivity index (χ0v) is 12.7. The highest BCUT2D eigenvalue weighted by Gasteiger charge is 2.19. The molecule has 0 rings (SSSR count). The van der Waals surface area contributed by atoms with E-state index in [1.807, 2.05) is 0 Å². The Bertz CT molecular complexity index is 264. The Balaban J connectivity index is 4.85. The lowest BCUT2D eigenvalue weighted by Gasteiger charge is -2.26. The topological polar surface area (TPSA) is 0 Å². The molecule has 0 nitrogen and oxygen atoms in total. The van der Waals surface area contributed by atoms with Crippen molar-refractivity contribution in [3.63, 3.8) is 0 Å². The average Bonchev–Trinajstić information content (AvgIpc) is 2.19. The lowest BCUT2D eigenvalue weighted by molar-refractivity contribution is 0.383. The first kappa shape index (κ1) is 15.7. The van der Waals surface area contributed by atoms with E-state index in [1.54, 1.807) is 0 Å². The van der Waals surface area contributed by atoms with E-state index < -0.39 is 0 Å². The molecule has 0 amide bonds. The monoisotopic (exact) mass is 238 g/mol. The van der Waals surface area contributed by atoms with Crippen LogP contribution in [0.25, 0.3) is 0 Å². The summed E-state index contributed by atoms with van der Waals surface area (Å²) < 4.78 is 0. The Morgan fingerprint density at radius 3 is 2.19 bits per heavy atom. The fraction of sp³-hybridized carbons (Fsp3) is 0.600. The van der Waals surface area contributed by atoms with Gasteiger partial charge in [-0.05, 0) is 37.9 Å². The van der Waals surface area contributed by atoms with Crippen molar-refractivity contribution in [2.24, 2.45) is 5.41 Å². The number of allylic oxidation sites excluding steroid dienone is 6. The smallest absolute Gasteiger partial charge is 0.00163 e. The van der Waals surface area contributed by atoms with Gasteiger partial charge in [-0.1, -0.05) is 51.2 Å². The van der Waals surface area contributed by atoms with Crippen LogP contribution in [-0.2, 0) is 0 Å². The van der Waals surface area contributed by atoms with Gasteiger partial charge in [-0.3, -0.25) is 0 Å². The van der Waals surface area contributed by atoms with Crippen LogP contribution >= 0.6 is 8.58 Å². The first-order chi connectivity index (χ1) is 7.44. The van der Waals surface area contributed by atoms with Gasteiger partial charge in [0.2, 0.25) is 0 Å². The highest BCUT2D eigenvalue weighted by atomic mass is 31.1. The highest BCUT2D eigenvalue weighted by molar-refractivity contribution is 7.38. The quantitative estimate of drug-likeness (QED) is 0.457. The van der Waals surface area contributed by atoms with Crippen molar-refractivity contribution in [2.45, 2.75) is 46.7 Å². The lowest BCUT2D eigenvalue weighted by Crippen LogP contribution is -2.15. The highest BCUT2D eigenvalue weighted by Crippen LogP contribution is 2.34. The summed E-state index contributed by atoms with van der Waals surface area (Å²) in [5.74, 6) is 0. The van der Waals surface area contributed by atoms with Crippen LogP contribution in [0.3, 0.4) is 0 Å². The molecule has 0 radical (unpaired) electrons. The van der Waals surface area contributed by atoms with Crippen LogP contribution in [0.15, 0.2) is 36.0 Å². The van der Waals surface area contributed by atoms with Gasteiger partial charge in [0.15, 0.2) is 0 Å². The summed E-state index contributed by atoms with van der Waals surface area (Å²) in [6.45, 7) is 13.4. The van der Waals surface area contributed by atoms with Gasteiger partial charge >= 0.3 is 0 Å². The summed E-state index contributed by atoms with van der Waals surface area (Å²) in [4.78, 5) is 0. The van der Waals surface area contributed by atoms with Gasteiger partial charge in [0, 0.05) is 5.66 Å². The van der Waals surface area contributed by atoms with E-state index >= 15 is 0 Å². The third-order valence-electron chi connectivity index (χ3n) is 2.41. The van der Waals surface area contributed by atoms with E-state index in [0.717, 1.165) is 8.58 Å². The van der Waals surface area contributed by atoms with Gasteiger partial charge in [-0.15, -0.1) is 8.58 Å². The van der Waals surface area contributed by atoms with Crippen LogP contribution in [0.1, 0.15) is 41.0 Å². The summed E-state index contributed by atoms with van der Waals surface area (Å²) in [6, 6.07) is 0. The molecule has 16 heavy (non-hydrogen) atoms. The molecule has 0 N–H and O–H groups in total. The minimum atomic E-state index is 0.407. The largest absolute Gasteiger partial charge is 0.118 e. The summed E-state index contributed by atoms with van der Waals surface area (Å²) in [6.07, 6.45) is 12.2. The second kappa shape index (κ2) is 7.85. The molecule has 0 aromatic rings. The van der Waals surface area contributed by atoms with Crippen molar-refractivity contribution < 1.29 is 0 Å². The van der Waals surface area contributed by atoms with Crippen LogP contribution < -0.4 is 0 Å². The van der Waals surface area contributed by atoms with E-state index in [4.69, 9.17) is 0 Å². The Hall–Kier alpha value is -0.350. The minimum Gasteiger partial charge on any atom is -0.118 e. The maximum absolute atomic E-state index is 2.32. The molecule has 0 aliphatic carbocycles. The third-order valence-corrected chi connectivity index (χ3v) is 3.64. The first-order valence-corrected chi connectivity index (χ1v) is 7.65. The molecular formula is C15H27P. The predicted octanol–water partition coefficient (Wildman–Crippen LogP) is 5.18. The van der Waals surface area contributed by atoms with E-state index in [2.05, 4.69) is 71.7 Å². The molecule has 2 unspecified atom stereocenters. The minimum absolute atomic E-state index is 0.407. The SMILES string of the molecule is C\C=C/C=C(\C=C/C)C(CC(C)(C)C)PC. The molecule has 2 atom stereocenters. The Morgan fingerprint density at radius 2 is 1.81 bits per heavy atom. The number of hydrogen-bond acceptors (Lipinski definition) is 0. The normalized spacial score (nSPS) is 17.0. The van der Waals surface area contributed by atoms with Gasteiger partial charge in [0.25, 0.3) is 0 Å². The molecule has 1 heteroatoms. The van der Waals surface area contributed by atoms with Gasteiger partial charge in [0.05, 0.1) is 0 Å². The average molecular weight is 238 g/mol. The van der Waals surface area contributed by atoms with Gasteiger partial charge in [0.1, 0.15) is 0 Å². The fourth-order valence-corrected chi connectivity index (χ4v) is 3.03. The number of rotatable bonds is 5. The standard InChI is InChI=1S/C15H27P/c1-7-9-11-13(10-8-2)14(16-6)12-15(3,4)5/h7-11,14,16H,12H2,1-6H3/b9-7-,10-8-,13-11+. The van der Waals surface area contributed by atoms with Crippen LogP contribution in [0.5, 0.6) is 0 Å². The van der Waals surface area contributed by atoms with Crippen molar-refractivity contribution in [1.29, 1.82) is 0 Å². The summed E-state index contributed by atoms with van der Waals surface area (Å²) >= 11 is 0. The van der Waals surface area contributed by atoms with E-state index in [-0.39, 0.29) is 0 Å². The predicted molar refractivity (Wildman–Crippen MR) is 79.8 cm³/mol. The molecular weight excluding hydrogens is 211 g/mol. The first-order valence-electron chi connectivity index (χ1n) is 6.07. The van der Waals surface area contributed by atoms with Gasteiger partial charge < -0.3 is 0 Å². The van der Waals surface area contributed by atoms with Crippen molar-refractivity contribution in [2.75, 3.05) is 6.66 Å². The van der Waals surface area contributed by atoms with Crippen molar-refractivity contribution >= 4 is 8.58 Å². The zero-order chi connectivity index (χ0) is 12.6. The van der Waals surface area contributed by atoms with Crippen molar-refractivity contribution in [1.82, 2.24) is 0 Å². The summed E-state index contributed by atoms with van der Waals surface area (Å²) in [5.41, 5.74) is 2.58. The molecule has 0 aliphatic heterocycles. The molecule has 0 heterocycles. The second-order valence-electron chi connectivity index (χ2n) is 5.30. The Morgan fingerprint density at radius 1 is 1.19 bits per heavy atom. The summed E-state index contributed by atoms with van der Waals surface area (Å²) in [5, 5.41) is 0. The zero-order valence-electron chi connectivity index (χ0n) is 11.7. The molecule has 0 bridgehead atoms. The maximum atomic E-state index is 2.32. The van der Waals surface area contributed by atoms with E-state index in [0.29, 0.717) is 11.1 Å². The molecule has 0 aliphatic rings.